The number of nitrogens with one attached hydrogen (secondary N) is 2. The summed E-state index contributed by atoms with van der Waals surface area (Å²) in [6.07, 6.45) is 6.31. The van der Waals surface area contributed by atoms with E-state index >= 15 is 0 Å². The van der Waals surface area contributed by atoms with E-state index in [-0.39, 0.29) is 0 Å². The second-order valence-corrected chi connectivity index (χ2v) is 5.48. The molecule has 0 atom stereocenters. The number of hydrogen-bond acceptors (Lipinski definition) is 3. The molecule has 3 heterocycles. The van der Waals surface area contributed by atoms with Crippen molar-refractivity contribution in [3.8, 4) is 0 Å². The predicted octanol–water partition coefficient (Wildman–Crippen LogP) is 2.14. The van der Waals surface area contributed by atoms with Gasteiger partial charge in [-0.1, -0.05) is 13.0 Å². The SMILES string of the molecule is CC1(CNc2cccc3nccn23)CCNCC1. The summed E-state index contributed by atoms with van der Waals surface area (Å²) in [6.45, 7) is 5.65. The highest BCUT2D eigenvalue weighted by Crippen LogP contribution is 2.28. The topological polar surface area (TPSA) is 41.4 Å². The van der Waals surface area contributed by atoms with Gasteiger partial charge in [0.05, 0.1) is 0 Å². The van der Waals surface area contributed by atoms with Crippen molar-refractivity contribution >= 4 is 11.5 Å². The molecule has 2 N–H and O–H groups in total. The number of piperidine rings is 1. The molecule has 0 aromatic carbocycles. The van der Waals surface area contributed by atoms with Gasteiger partial charge in [-0.05, 0) is 43.5 Å². The van der Waals surface area contributed by atoms with Crippen molar-refractivity contribution < 1.29 is 0 Å². The summed E-state index contributed by atoms with van der Waals surface area (Å²) in [5.41, 5.74) is 1.39. The molecule has 1 aliphatic rings. The van der Waals surface area contributed by atoms with E-state index < -0.39 is 0 Å². The van der Waals surface area contributed by atoms with E-state index in [0.717, 1.165) is 31.1 Å². The molecule has 2 aromatic heterocycles. The molecule has 0 unspecified atom stereocenters. The van der Waals surface area contributed by atoms with Gasteiger partial charge in [-0.2, -0.15) is 0 Å². The monoisotopic (exact) mass is 244 g/mol. The standard InChI is InChI=1S/C14H20N4/c1-14(5-7-15-8-6-14)11-17-13-4-2-3-12-16-9-10-18(12)13/h2-4,9-10,15,17H,5-8,11H2,1H3. The Labute approximate surface area is 107 Å². The third-order valence-electron chi connectivity index (χ3n) is 3.94. The smallest absolute Gasteiger partial charge is 0.138 e. The molecule has 1 aliphatic heterocycles. The molecule has 4 nitrogen and oxygen atoms in total. The van der Waals surface area contributed by atoms with Crippen LogP contribution in [0.3, 0.4) is 0 Å². The second-order valence-electron chi connectivity index (χ2n) is 5.48. The molecule has 3 rings (SSSR count). The van der Waals surface area contributed by atoms with Crippen molar-refractivity contribution in [3.05, 3.63) is 30.6 Å². The summed E-state index contributed by atoms with van der Waals surface area (Å²) >= 11 is 0. The Morgan fingerprint density at radius 3 is 3.06 bits per heavy atom. The Morgan fingerprint density at radius 2 is 2.22 bits per heavy atom. The number of fused-ring (bicyclic) bond motifs is 1. The van der Waals surface area contributed by atoms with Crippen LogP contribution < -0.4 is 10.6 Å². The van der Waals surface area contributed by atoms with Crippen LogP contribution in [0.2, 0.25) is 0 Å². The Kier molecular flexibility index (Phi) is 2.96. The molecule has 0 aliphatic carbocycles. The molecule has 0 bridgehead atoms. The van der Waals surface area contributed by atoms with Crippen molar-refractivity contribution in [2.24, 2.45) is 5.41 Å². The highest BCUT2D eigenvalue weighted by atomic mass is 15.1. The fourth-order valence-corrected chi connectivity index (χ4v) is 2.60. The summed E-state index contributed by atoms with van der Waals surface area (Å²) in [6, 6.07) is 6.19. The molecule has 0 saturated carbocycles. The molecule has 96 valence electrons. The number of anilines is 1. The molecule has 4 heteroatoms. The number of pyridine rings is 1. The van der Waals surface area contributed by atoms with Gasteiger partial charge in [0, 0.05) is 18.9 Å². The van der Waals surface area contributed by atoms with Crippen LogP contribution in [-0.2, 0) is 0 Å². The largest absolute Gasteiger partial charge is 0.371 e. The minimum atomic E-state index is 0.397. The summed E-state index contributed by atoms with van der Waals surface area (Å²) in [7, 11) is 0. The van der Waals surface area contributed by atoms with E-state index in [1.54, 1.807) is 0 Å². The van der Waals surface area contributed by atoms with Crippen molar-refractivity contribution in [2.45, 2.75) is 19.8 Å². The quantitative estimate of drug-likeness (QED) is 0.869. The van der Waals surface area contributed by atoms with Crippen LogP contribution >= 0.6 is 0 Å². The first-order valence-electron chi connectivity index (χ1n) is 6.64. The lowest BCUT2D eigenvalue weighted by Crippen LogP contribution is -2.39. The van der Waals surface area contributed by atoms with Crippen LogP contribution in [0.5, 0.6) is 0 Å². The van der Waals surface area contributed by atoms with Crippen LogP contribution in [0.25, 0.3) is 5.65 Å². The summed E-state index contributed by atoms with van der Waals surface area (Å²) in [4.78, 5) is 4.30. The molecular weight excluding hydrogens is 224 g/mol. The van der Waals surface area contributed by atoms with E-state index in [1.165, 1.54) is 12.8 Å². The van der Waals surface area contributed by atoms with E-state index in [4.69, 9.17) is 0 Å². The Balaban J connectivity index is 1.74. The van der Waals surface area contributed by atoms with Gasteiger partial charge in [-0.3, -0.25) is 4.40 Å². The lowest BCUT2D eigenvalue weighted by molar-refractivity contribution is 0.247. The molecule has 0 amide bonds. The van der Waals surface area contributed by atoms with Gasteiger partial charge in [0.25, 0.3) is 0 Å². The highest BCUT2D eigenvalue weighted by molar-refractivity contribution is 5.49. The maximum atomic E-state index is 4.30. The minimum absolute atomic E-state index is 0.397. The van der Waals surface area contributed by atoms with E-state index in [2.05, 4.69) is 39.1 Å². The van der Waals surface area contributed by atoms with Crippen LogP contribution in [0.1, 0.15) is 19.8 Å². The first-order valence-corrected chi connectivity index (χ1v) is 6.64. The third kappa shape index (κ3) is 2.20. The van der Waals surface area contributed by atoms with Crippen LogP contribution in [0.4, 0.5) is 5.82 Å². The van der Waals surface area contributed by atoms with E-state index in [0.29, 0.717) is 5.41 Å². The Morgan fingerprint density at radius 1 is 1.39 bits per heavy atom. The number of aromatic nitrogens is 2. The number of hydrogen-bond donors (Lipinski definition) is 2. The molecule has 0 spiro atoms. The highest BCUT2D eigenvalue weighted by Gasteiger charge is 2.26. The van der Waals surface area contributed by atoms with Crippen molar-refractivity contribution in [3.63, 3.8) is 0 Å². The fraction of sp³-hybridized carbons (Fsp3) is 0.500. The first kappa shape index (κ1) is 11.5. The summed E-state index contributed by atoms with van der Waals surface area (Å²) < 4.78 is 2.10. The molecule has 2 aromatic rings. The maximum Gasteiger partial charge on any atom is 0.138 e. The first-order chi connectivity index (χ1) is 8.77. The zero-order chi connectivity index (χ0) is 12.4. The molecule has 1 saturated heterocycles. The van der Waals surface area contributed by atoms with Gasteiger partial charge in [-0.15, -0.1) is 0 Å². The van der Waals surface area contributed by atoms with Crippen LogP contribution in [-0.4, -0.2) is 29.0 Å². The summed E-state index contributed by atoms with van der Waals surface area (Å²) in [5, 5.41) is 7.00. The average Bonchev–Trinajstić information content (AvgIpc) is 2.86. The van der Waals surface area contributed by atoms with Gasteiger partial charge in [-0.25, -0.2) is 4.98 Å². The maximum absolute atomic E-state index is 4.30. The Bertz CT molecular complexity index is 525. The molecule has 1 fully saturated rings. The fourth-order valence-electron chi connectivity index (χ4n) is 2.60. The molecule has 18 heavy (non-hydrogen) atoms. The number of nitrogens with zero attached hydrogens (tertiary/aromatic N) is 2. The van der Waals surface area contributed by atoms with Gasteiger partial charge >= 0.3 is 0 Å². The average molecular weight is 244 g/mol. The zero-order valence-corrected chi connectivity index (χ0v) is 10.8. The predicted molar refractivity (Wildman–Crippen MR) is 73.9 cm³/mol. The normalized spacial score (nSPS) is 18.9. The Hall–Kier alpha value is -1.55. The lowest BCUT2D eigenvalue weighted by Gasteiger charge is -2.34. The second kappa shape index (κ2) is 4.61. The van der Waals surface area contributed by atoms with Gasteiger partial charge < -0.3 is 10.6 Å². The van der Waals surface area contributed by atoms with Crippen molar-refractivity contribution in [1.82, 2.24) is 14.7 Å². The van der Waals surface area contributed by atoms with Crippen molar-refractivity contribution in [1.29, 1.82) is 0 Å². The summed E-state index contributed by atoms with van der Waals surface area (Å²) in [5.74, 6) is 1.13. The van der Waals surface area contributed by atoms with Gasteiger partial charge in [0.2, 0.25) is 0 Å². The third-order valence-corrected chi connectivity index (χ3v) is 3.94. The minimum Gasteiger partial charge on any atom is -0.371 e. The number of imidazole rings is 1. The zero-order valence-electron chi connectivity index (χ0n) is 10.8. The van der Waals surface area contributed by atoms with E-state index in [9.17, 15) is 0 Å². The molecule has 0 radical (unpaired) electrons. The van der Waals surface area contributed by atoms with Gasteiger partial charge in [0.1, 0.15) is 11.5 Å². The van der Waals surface area contributed by atoms with Gasteiger partial charge in [0.15, 0.2) is 0 Å². The van der Waals surface area contributed by atoms with Crippen LogP contribution in [0, 0.1) is 5.41 Å². The molecular formula is C14H20N4. The lowest BCUT2D eigenvalue weighted by atomic mass is 9.81. The van der Waals surface area contributed by atoms with Crippen molar-refractivity contribution in [2.75, 3.05) is 25.0 Å². The van der Waals surface area contributed by atoms with Crippen LogP contribution in [0.15, 0.2) is 30.6 Å². The number of rotatable bonds is 3. The van der Waals surface area contributed by atoms with E-state index in [1.807, 2.05) is 18.5 Å².